The lowest BCUT2D eigenvalue weighted by molar-refractivity contribution is -0.115. The summed E-state index contributed by atoms with van der Waals surface area (Å²) in [7, 11) is 0. The van der Waals surface area contributed by atoms with E-state index in [9.17, 15) is 4.79 Å². The molecule has 0 aliphatic carbocycles. The Bertz CT molecular complexity index is 914. The molecule has 146 valence electrons. The van der Waals surface area contributed by atoms with Gasteiger partial charge in [0.2, 0.25) is 5.91 Å². The lowest BCUT2D eigenvalue weighted by atomic mass is 10.1. The van der Waals surface area contributed by atoms with Crippen molar-refractivity contribution in [2.75, 3.05) is 50.0 Å². The number of nitrogens with one attached hydrogen (secondary N) is 3. The van der Waals surface area contributed by atoms with Crippen molar-refractivity contribution in [2.24, 2.45) is 0 Å². The number of anilines is 2. The van der Waals surface area contributed by atoms with Gasteiger partial charge in [-0.25, -0.2) is 0 Å². The van der Waals surface area contributed by atoms with Crippen LogP contribution in [0.2, 0.25) is 0 Å². The summed E-state index contributed by atoms with van der Waals surface area (Å²) in [6, 6.07) is 15.9. The van der Waals surface area contributed by atoms with Crippen molar-refractivity contribution < 1.29 is 9.53 Å². The number of rotatable bonds is 7. The normalized spacial score (nSPS) is 14.9. The van der Waals surface area contributed by atoms with Crippen LogP contribution in [0.5, 0.6) is 0 Å². The van der Waals surface area contributed by atoms with Crippen molar-refractivity contribution >= 4 is 28.2 Å². The first-order chi connectivity index (χ1) is 13.8. The second-order valence-electron chi connectivity index (χ2n) is 7.04. The zero-order valence-corrected chi connectivity index (χ0v) is 15.9. The number of para-hydroxylation sites is 1. The fourth-order valence-electron chi connectivity index (χ4n) is 3.51. The Morgan fingerprint density at radius 3 is 2.61 bits per heavy atom. The van der Waals surface area contributed by atoms with Gasteiger partial charge in [-0.05, 0) is 35.9 Å². The zero-order valence-electron chi connectivity index (χ0n) is 15.9. The largest absolute Gasteiger partial charge is 0.384 e. The topological polar surface area (TPSA) is 69.4 Å². The Morgan fingerprint density at radius 2 is 1.79 bits per heavy atom. The molecule has 4 rings (SSSR count). The maximum absolute atomic E-state index is 12.4. The molecule has 2 aromatic carbocycles. The average molecular weight is 378 g/mol. The van der Waals surface area contributed by atoms with Crippen molar-refractivity contribution in [1.29, 1.82) is 0 Å². The highest BCUT2D eigenvalue weighted by Crippen LogP contribution is 2.19. The van der Waals surface area contributed by atoms with E-state index in [1.807, 2.05) is 54.7 Å². The predicted octanol–water partition coefficient (Wildman–Crippen LogP) is 3.09. The Kier molecular flexibility index (Phi) is 5.89. The Balaban J connectivity index is 1.26. The summed E-state index contributed by atoms with van der Waals surface area (Å²) >= 11 is 0. The number of benzene rings is 2. The quantitative estimate of drug-likeness (QED) is 0.591. The van der Waals surface area contributed by atoms with E-state index < -0.39 is 0 Å². The third-order valence-electron chi connectivity index (χ3n) is 5.06. The molecule has 0 atom stereocenters. The lowest BCUT2D eigenvalue weighted by Gasteiger charge is -2.26. The predicted molar refractivity (Wildman–Crippen MR) is 113 cm³/mol. The SMILES string of the molecule is O=C(Cc1c[nH]c2ccccc12)Nc1ccc(NCCN2CCOCC2)cc1. The van der Waals surface area contributed by atoms with Crippen LogP contribution >= 0.6 is 0 Å². The molecule has 3 aromatic rings. The number of fused-ring (bicyclic) bond motifs is 1. The van der Waals surface area contributed by atoms with Crippen LogP contribution in [0, 0.1) is 0 Å². The highest BCUT2D eigenvalue weighted by atomic mass is 16.5. The summed E-state index contributed by atoms with van der Waals surface area (Å²) < 4.78 is 5.36. The first-order valence-corrected chi connectivity index (χ1v) is 9.77. The van der Waals surface area contributed by atoms with Crippen LogP contribution in [-0.2, 0) is 16.0 Å². The molecular weight excluding hydrogens is 352 g/mol. The molecule has 1 fully saturated rings. The van der Waals surface area contributed by atoms with Crippen LogP contribution in [-0.4, -0.2) is 55.2 Å². The number of hydrogen-bond acceptors (Lipinski definition) is 4. The molecule has 1 aliphatic heterocycles. The Morgan fingerprint density at radius 1 is 1.04 bits per heavy atom. The van der Waals surface area contributed by atoms with Crippen LogP contribution in [0.1, 0.15) is 5.56 Å². The van der Waals surface area contributed by atoms with E-state index in [-0.39, 0.29) is 5.91 Å². The van der Waals surface area contributed by atoms with Gasteiger partial charge in [0, 0.05) is 54.7 Å². The minimum absolute atomic E-state index is 0.0159. The molecule has 0 spiro atoms. The van der Waals surface area contributed by atoms with E-state index in [0.29, 0.717) is 6.42 Å². The van der Waals surface area contributed by atoms with Crippen molar-refractivity contribution in [3.05, 3.63) is 60.3 Å². The monoisotopic (exact) mass is 378 g/mol. The molecule has 1 saturated heterocycles. The molecule has 0 saturated carbocycles. The fourth-order valence-corrected chi connectivity index (χ4v) is 3.51. The van der Waals surface area contributed by atoms with E-state index in [0.717, 1.165) is 67.2 Å². The van der Waals surface area contributed by atoms with Gasteiger partial charge in [0.15, 0.2) is 0 Å². The molecular formula is C22H26N4O2. The van der Waals surface area contributed by atoms with Gasteiger partial charge < -0.3 is 20.4 Å². The Labute approximate surface area is 164 Å². The minimum atomic E-state index is -0.0159. The lowest BCUT2D eigenvalue weighted by Crippen LogP contribution is -2.38. The van der Waals surface area contributed by atoms with Crippen molar-refractivity contribution in [3.8, 4) is 0 Å². The summed E-state index contributed by atoms with van der Waals surface area (Å²) in [5.74, 6) is -0.0159. The van der Waals surface area contributed by atoms with Crippen LogP contribution < -0.4 is 10.6 Å². The smallest absolute Gasteiger partial charge is 0.228 e. The van der Waals surface area contributed by atoms with Gasteiger partial charge in [-0.15, -0.1) is 0 Å². The van der Waals surface area contributed by atoms with E-state index in [2.05, 4.69) is 20.5 Å². The highest BCUT2D eigenvalue weighted by molar-refractivity contribution is 5.95. The molecule has 0 radical (unpaired) electrons. The molecule has 28 heavy (non-hydrogen) atoms. The number of aromatic amines is 1. The van der Waals surface area contributed by atoms with Gasteiger partial charge in [-0.1, -0.05) is 18.2 Å². The minimum Gasteiger partial charge on any atom is -0.384 e. The van der Waals surface area contributed by atoms with E-state index >= 15 is 0 Å². The molecule has 0 bridgehead atoms. The van der Waals surface area contributed by atoms with Gasteiger partial charge in [-0.2, -0.15) is 0 Å². The van der Waals surface area contributed by atoms with Gasteiger partial charge in [0.05, 0.1) is 19.6 Å². The van der Waals surface area contributed by atoms with Crippen molar-refractivity contribution in [1.82, 2.24) is 9.88 Å². The van der Waals surface area contributed by atoms with E-state index in [1.165, 1.54) is 0 Å². The van der Waals surface area contributed by atoms with Crippen LogP contribution in [0.25, 0.3) is 10.9 Å². The number of ether oxygens (including phenoxy) is 1. The molecule has 0 unspecified atom stereocenters. The number of carbonyl (C=O) groups excluding carboxylic acids is 1. The summed E-state index contributed by atoms with van der Waals surface area (Å²) in [6.07, 6.45) is 2.26. The number of carbonyl (C=O) groups is 1. The molecule has 2 heterocycles. The summed E-state index contributed by atoms with van der Waals surface area (Å²) in [5.41, 5.74) is 3.93. The second kappa shape index (κ2) is 8.91. The van der Waals surface area contributed by atoms with Gasteiger partial charge in [0.25, 0.3) is 0 Å². The first-order valence-electron chi connectivity index (χ1n) is 9.77. The molecule has 3 N–H and O–H groups in total. The summed E-state index contributed by atoms with van der Waals surface area (Å²) in [5, 5.41) is 7.50. The maximum atomic E-state index is 12.4. The number of H-pyrrole nitrogens is 1. The number of amides is 1. The van der Waals surface area contributed by atoms with E-state index in [1.54, 1.807) is 0 Å². The molecule has 6 nitrogen and oxygen atoms in total. The van der Waals surface area contributed by atoms with Crippen molar-refractivity contribution in [2.45, 2.75) is 6.42 Å². The van der Waals surface area contributed by atoms with E-state index in [4.69, 9.17) is 4.74 Å². The number of morpholine rings is 1. The molecule has 1 amide bonds. The van der Waals surface area contributed by atoms with Gasteiger partial charge in [-0.3, -0.25) is 9.69 Å². The zero-order chi connectivity index (χ0) is 19.2. The maximum Gasteiger partial charge on any atom is 0.228 e. The number of nitrogens with zero attached hydrogens (tertiary/aromatic N) is 1. The summed E-state index contributed by atoms with van der Waals surface area (Å²) in [6.45, 7) is 5.56. The molecule has 1 aliphatic rings. The number of aromatic nitrogens is 1. The third-order valence-corrected chi connectivity index (χ3v) is 5.06. The highest BCUT2D eigenvalue weighted by Gasteiger charge is 2.10. The Hall–Kier alpha value is -2.83. The third kappa shape index (κ3) is 4.71. The molecule has 6 heteroatoms. The number of hydrogen-bond donors (Lipinski definition) is 3. The fraction of sp³-hybridized carbons (Fsp3) is 0.318. The van der Waals surface area contributed by atoms with Crippen molar-refractivity contribution in [3.63, 3.8) is 0 Å². The standard InChI is InChI=1S/C22H26N4O2/c27-22(15-17-16-24-21-4-2-1-3-20(17)21)25-19-7-5-18(6-8-19)23-9-10-26-11-13-28-14-12-26/h1-8,16,23-24H,9-15H2,(H,25,27). The van der Waals surface area contributed by atoms with Gasteiger partial charge in [0.1, 0.15) is 0 Å². The van der Waals surface area contributed by atoms with Gasteiger partial charge >= 0.3 is 0 Å². The van der Waals surface area contributed by atoms with Crippen LogP contribution in [0.4, 0.5) is 11.4 Å². The summed E-state index contributed by atoms with van der Waals surface area (Å²) in [4.78, 5) is 18.0. The van der Waals surface area contributed by atoms with Crippen LogP contribution in [0.3, 0.4) is 0 Å². The second-order valence-corrected chi connectivity index (χ2v) is 7.04. The average Bonchev–Trinajstić information content (AvgIpc) is 3.13. The van der Waals surface area contributed by atoms with Crippen LogP contribution in [0.15, 0.2) is 54.7 Å². The first kappa shape index (κ1) is 18.5. The molecule has 1 aromatic heterocycles.